The van der Waals surface area contributed by atoms with Gasteiger partial charge < -0.3 is 5.32 Å². The highest BCUT2D eigenvalue weighted by Crippen LogP contribution is 2.20. The second kappa shape index (κ2) is 7.91. The molecule has 0 aliphatic heterocycles. The summed E-state index contributed by atoms with van der Waals surface area (Å²) in [5, 5.41) is 9.19. The number of halogens is 1. The lowest BCUT2D eigenvalue weighted by molar-refractivity contribution is -0.116. The number of hydrogen-bond acceptors (Lipinski definition) is 4. The summed E-state index contributed by atoms with van der Waals surface area (Å²) in [6, 6.07) is 13.8. The lowest BCUT2D eigenvalue weighted by Gasteiger charge is -2.16. The number of benzene rings is 2. The van der Waals surface area contributed by atoms with Gasteiger partial charge in [0.1, 0.15) is 5.82 Å². The molecule has 0 fully saturated rings. The molecule has 28 heavy (non-hydrogen) atoms. The number of likely N-dealkylation sites (N-methyl/N-ethyl adjacent to an activating group) is 1. The molecule has 1 amide bonds. The SMILES string of the molecule is Cc1ccc(S(=O)(=O)N(C)CC(=O)Nc2cc(-c3cccc(F)c3)[nH]n2)cc1. The molecule has 0 radical (unpaired) electrons. The van der Waals surface area contributed by atoms with Gasteiger partial charge in [-0.05, 0) is 31.2 Å². The number of H-pyrrole nitrogens is 1. The summed E-state index contributed by atoms with van der Waals surface area (Å²) in [6.07, 6.45) is 0. The van der Waals surface area contributed by atoms with Crippen LogP contribution in [0.15, 0.2) is 59.5 Å². The van der Waals surface area contributed by atoms with E-state index in [9.17, 15) is 17.6 Å². The van der Waals surface area contributed by atoms with E-state index in [4.69, 9.17) is 0 Å². The number of nitrogens with one attached hydrogen (secondary N) is 2. The average Bonchev–Trinajstić information content (AvgIpc) is 3.10. The first-order chi connectivity index (χ1) is 13.3. The summed E-state index contributed by atoms with van der Waals surface area (Å²) >= 11 is 0. The maximum atomic E-state index is 13.3. The number of rotatable bonds is 6. The Labute approximate surface area is 162 Å². The molecule has 2 N–H and O–H groups in total. The molecule has 3 rings (SSSR count). The van der Waals surface area contributed by atoms with E-state index in [2.05, 4.69) is 15.5 Å². The first-order valence-corrected chi connectivity index (χ1v) is 9.84. The van der Waals surface area contributed by atoms with Crippen molar-refractivity contribution in [3.05, 3.63) is 66.0 Å². The number of aryl methyl sites for hydroxylation is 1. The fourth-order valence-corrected chi connectivity index (χ4v) is 3.68. The molecule has 9 heteroatoms. The standard InChI is InChI=1S/C19H19FN4O3S/c1-13-6-8-16(9-7-13)28(26,27)24(2)12-19(25)21-18-11-17(22-23-18)14-4-3-5-15(20)10-14/h3-11H,12H2,1-2H3,(H2,21,22,23,25). The van der Waals surface area contributed by atoms with E-state index < -0.39 is 15.9 Å². The number of carbonyl (C=O) groups is 1. The predicted octanol–water partition coefficient (Wildman–Crippen LogP) is 2.78. The van der Waals surface area contributed by atoms with Crippen LogP contribution in [0.5, 0.6) is 0 Å². The first kappa shape index (κ1) is 19.7. The lowest BCUT2D eigenvalue weighted by atomic mass is 10.1. The van der Waals surface area contributed by atoms with Crippen LogP contribution in [0.4, 0.5) is 10.2 Å². The van der Waals surface area contributed by atoms with Gasteiger partial charge in [0.25, 0.3) is 0 Å². The van der Waals surface area contributed by atoms with Crippen molar-refractivity contribution in [2.45, 2.75) is 11.8 Å². The average molecular weight is 402 g/mol. The number of hydrogen-bond donors (Lipinski definition) is 2. The van der Waals surface area contributed by atoms with E-state index >= 15 is 0 Å². The summed E-state index contributed by atoms with van der Waals surface area (Å²) in [4.78, 5) is 12.3. The maximum Gasteiger partial charge on any atom is 0.243 e. The monoisotopic (exact) mass is 402 g/mol. The maximum absolute atomic E-state index is 13.3. The molecule has 0 saturated carbocycles. The lowest BCUT2D eigenvalue weighted by Crippen LogP contribution is -2.35. The van der Waals surface area contributed by atoms with Crippen LogP contribution in [0.2, 0.25) is 0 Å². The third-order valence-corrected chi connectivity index (χ3v) is 5.89. The number of aromatic nitrogens is 2. The second-order valence-electron chi connectivity index (χ2n) is 6.30. The van der Waals surface area contributed by atoms with Crippen LogP contribution >= 0.6 is 0 Å². The third kappa shape index (κ3) is 4.44. The van der Waals surface area contributed by atoms with Crippen LogP contribution in [0.3, 0.4) is 0 Å². The molecule has 0 unspecified atom stereocenters. The highest BCUT2D eigenvalue weighted by Gasteiger charge is 2.23. The smallest absolute Gasteiger partial charge is 0.243 e. The molecule has 3 aromatic rings. The number of amides is 1. The van der Waals surface area contributed by atoms with E-state index in [0.717, 1.165) is 9.87 Å². The Morgan fingerprint density at radius 3 is 2.57 bits per heavy atom. The molecule has 2 aromatic carbocycles. The highest BCUT2D eigenvalue weighted by molar-refractivity contribution is 7.89. The summed E-state index contributed by atoms with van der Waals surface area (Å²) < 4.78 is 39.4. The van der Waals surface area contributed by atoms with Gasteiger partial charge in [0.15, 0.2) is 5.82 Å². The number of nitrogens with zero attached hydrogens (tertiary/aromatic N) is 2. The van der Waals surface area contributed by atoms with Crippen molar-refractivity contribution in [1.82, 2.24) is 14.5 Å². The molecule has 1 heterocycles. The van der Waals surface area contributed by atoms with Gasteiger partial charge in [0.05, 0.1) is 17.1 Å². The molecule has 0 atom stereocenters. The van der Waals surface area contributed by atoms with Gasteiger partial charge in [-0.3, -0.25) is 9.89 Å². The van der Waals surface area contributed by atoms with Gasteiger partial charge in [-0.1, -0.05) is 29.8 Å². The largest absolute Gasteiger partial charge is 0.308 e. The molecular formula is C19H19FN4O3S. The van der Waals surface area contributed by atoms with E-state index in [1.165, 1.54) is 31.3 Å². The summed E-state index contributed by atoms with van der Waals surface area (Å²) in [6.45, 7) is 1.48. The molecule has 0 spiro atoms. The van der Waals surface area contributed by atoms with Gasteiger partial charge in [-0.15, -0.1) is 0 Å². The minimum Gasteiger partial charge on any atom is -0.308 e. The van der Waals surface area contributed by atoms with Crippen molar-refractivity contribution in [2.24, 2.45) is 0 Å². The van der Waals surface area contributed by atoms with Crippen LogP contribution in [-0.4, -0.2) is 42.4 Å². The van der Waals surface area contributed by atoms with Crippen LogP contribution in [0, 0.1) is 12.7 Å². The Morgan fingerprint density at radius 1 is 1.18 bits per heavy atom. The molecule has 146 valence electrons. The van der Waals surface area contributed by atoms with Crippen LogP contribution in [-0.2, 0) is 14.8 Å². The van der Waals surface area contributed by atoms with Gasteiger partial charge in [-0.25, -0.2) is 12.8 Å². The van der Waals surface area contributed by atoms with Gasteiger partial charge in [0.2, 0.25) is 15.9 Å². The minimum atomic E-state index is -3.78. The quantitative estimate of drug-likeness (QED) is 0.663. The first-order valence-electron chi connectivity index (χ1n) is 8.40. The Bertz CT molecular complexity index is 1090. The number of sulfonamides is 1. The van der Waals surface area contributed by atoms with Crippen LogP contribution in [0.1, 0.15) is 5.56 Å². The summed E-state index contributed by atoms with van der Waals surface area (Å²) in [7, 11) is -2.45. The zero-order valence-corrected chi connectivity index (χ0v) is 16.1. The summed E-state index contributed by atoms with van der Waals surface area (Å²) in [5.74, 6) is -0.721. The number of aromatic amines is 1. The van der Waals surface area contributed by atoms with Crippen LogP contribution in [0.25, 0.3) is 11.3 Å². The molecule has 1 aromatic heterocycles. The molecule has 7 nitrogen and oxygen atoms in total. The molecule has 0 saturated heterocycles. The van der Waals surface area contributed by atoms with Crippen LogP contribution < -0.4 is 5.32 Å². The van der Waals surface area contributed by atoms with Crippen molar-refractivity contribution in [3.8, 4) is 11.3 Å². The van der Waals surface area contributed by atoms with Gasteiger partial charge in [-0.2, -0.15) is 9.40 Å². The van der Waals surface area contributed by atoms with Gasteiger partial charge in [0, 0.05) is 18.7 Å². The van der Waals surface area contributed by atoms with E-state index in [0.29, 0.717) is 11.3 Å². The molecule has 0 aliphatic rings. The highest BCUT2D eigenvalue weighted by atomic mass is 32.2. The fraction of sp³-hybridized carbons (Fsp3) is 0.158. The Balaban J connectivity index is 1.66. The molecule has 0 bridgehead atoms. The Hall–Kier alpha value is -3.04. The van der Waals surface area contributed by atoms with E-state index in [1.54, 1.807) is 30.3 Å². The van der Waals surface area contributed by atoms with Crippen molar-refractivity contribution < 1.29 is 17.6 Å². The predicted molar refractivity (Wildman–Crippen MR) is 104 cm³/mol. The normalized spacial score (nSPS) is 11.6. The van der Waals surface area contributed by atoms with Crippen molar-refractivity contribution in [2.75, 3.05) is 18.9 Å². The summed E-state index contributed by atoms with van der Waals surface area (Å²) in [5.41, 5.74) is 2.04. The number of anilines is 1. The molecule has 0 aliphatic carbocycles. The van der Waals surface area contributed by atoms with E-state index in [-0.39, 0.29) is 23.1 Å². The topological polar surface area (TPSA) is 95.2 Å². The van der Waals surface area contributed by atoms with Gasteiger partial charge >= 0.3 is 0 Å². The van der Waals surface area contributed by atoms with E-state index in [1.807, 2.05) is 6.92 Å². The second-order valence-corrected chi connectivity index (χ2v) is 8.34. The van der Waals surface area contributed by atoms with Crippen molar-refractivity contribution in [3.63, 3.8) is 0 Å². The zero-order chi connectivity index (χ0) is 20.3. The third-order valence-electron chi connectivity index (χ3n) is 4.08. The number of carbonyl (C=O) groups excluding carboxylic acids is 1. The molecular weight excluding hydrogens is 383 g/mol. The van der Waals surface area contributed by atoms with Crippen molar-refractivity contribution >= 4 is 21.7 Å². The Morgan fingerprint density at radius 2 is 1.89 bits per heavy atom. The fourth-order valence-electron chi connectivity index (χ4n) is 2.55. The zero-order valence-electron chi connectivity index (χ0n) is 15.3. The van der Waals surface area contributed by atoms with Crippen molar-refractivity contribution in [1.29, 1.82) is 0 Å². The minimum absolute atomic E-state index is 0.113. The Kier molecular flexibility index (Phi) is 5.57.